The molecule has 0 aliphatic carbocycles. The van der Waals surface area contributed by atoms with Crippen molar-refractivity contribution < 1.29 is 17.9 Å². The minimum absolute atomic E-state index is 0.158. The second-order valence-electron chi connectivity index (χ2n) is 9.76. The molecular formula is C28H29N5O4S. The summed E-state index contributed by atoms with van der Waals surface area (Å²) in [5.74, 6) is 0.606. The Morgan fingerprint density at radius 3 is 2.45 bits per heavy atom. The molecule has 0 radical (unpaired) electrons. The molecule has 0 bridgehead atoms. The van der Waals surface area contributed by atoms with Gasteiger partial charge in [-0.15, -0.1) is 0 Å². The van der Waals surface area contributed by atoms with E-state index >= 15 is 0 Å². The zero-order valence-electron chi connectivity index (χ0n) is 21.1. The third-order valence-electron chi connectivity index (χ3n) is 7.28. The van der Waals surface area contributed by atoms with Gasteiger partial charge in [0.15, 0.2) is 0 Å². The Labute approximate surface area is 221 Å². The quantitative estimate of drug-likeness (QED) is 0.434. The van der Waals surface area contributed by atoms with Gasteiger partial charge in [0.25, 0.3) is 5.91 Å². The highest BCUT2D eigenvalue weighted by molar-refractivity contribution is 7.89. The molecule has 0 atom stereocenters. The molecule has 2 aliphatic rings. The number of hydrogen-bond donors (Lipinski definition) is 1. The van der Waals surface area contributed by atoms with Crippen LogP contribution in [0, 0.1) is 0 Å². The number of H-pyrrole nitrogens is 1. The number of piperazine rings is 1. The van der Waals surface area contributed by atoms with Gasteiger partial charge in [-0.3, -0.25) is 4.79 Å². The lowest BCUT2D eigenvalue weighted by molar-refractivity contribution is 0.0733. The maximum absolute atomic E-state index is 13.4. The van der Waals surface area contributed by atoms with E-state index < -0.39 is 10.0 Å². The summed E-state index contributed by atoms with van der Waals surface area (Å²) in [5, 5.41) is 0. The molecule has 1 saturated heterocycles. The van der Waals surface area contributed by atoms with E-state index in [-0.39, 0.29) is 10.8 Å². The van der Waals surface area contributed by atoms with E-state index in [0.29, 0.717) is 51.4 Å². The standard InChI is InChI=1S/C28H29N5O4S/c1-31-10-12-33(13-11-31)38(35,36)24-6-2-20(3-7-24)28(34)32-14-15-37-27-9-5-21(16-23(27)18-32)22-4-8-25-26(17-22)30-19-29-25/h2-9,16-17,19H,10-15,18H2,1H3,(H,29,30). The number of imidazole rings is 1. The first-order valence-electron chi connectivity index (χ1n) is 12.7. The van der Waals surface area contributed by atoms with Gasteiger partial charge in [-0.1, -0.05) is 12.1 Å². The van der Waals surface area contributed by atoms with Gasteiger partial charge in [-0.2, -0.15) is 4.31 Å². The van der Waals surface area contributed by atoms with Crippen LogP contribution in [0.15, 0.2) is 71.9 Å². The molecule has 0 spiro atoms. The molecule has 196 valence electrons. The molecular weight excluding hydrogens is 502 g/mol. The molecule has 4 aromatic rings. The van der Waals surface area contributed by atoms with Gasteiger partial charge in [0, 0.05) is 43.9 Å². The Morgan fingerprint density at radius 2 is 1.66 bits per heavy atom. The Kier molecular flexibility index (Phi) is 6.38. The maximum atomic E-state index is 13.4. The number of carbonyl (C=O) groups is 1. The minimum atomic E-state index is -3.58. The van der Waals surface area contributed by atoms with Crippen molar-refractivity contribution >= 4 is 27.0 Å². The van der Waals surface area contributed by atoms with Crippen molar-refractivity contribution in [3.63, 3.8) is 0 Å². The lowest BCUT2D eigenvalue weighted by Crippen LogP contribution is -2.47. The molecule has 3 aromatic carbocycles. The summed E-state index contributed by atoms with van der Waals surface area (Å²) in [7, 11) is -1.60. The average molecular weight is 532 g/mol. The monoisotopic (exact) mass is 531 g/mol. The van der Waals surface area contributed by atoms with E-state index in [1.54, 1.807) is 23.4 Å². The second kappa shape index (κ2) is 9.86. The first-order valence-corrected chi connectivity index (χ1v) is 14.1. The highest BCUT2D eigenvalue weighted by Gasteiger charge is 2.28. The molecule has 1 fully saturated rings. The van der Waals surface area contributed by atoms with E-state index in [9.17, 15) is 13.2 Å². The smallest absolute Gasteiger partial charge is 0.254 e. The number of fused-ring (bicyclic) bond motifs is 2. The Morgan fingerprint density at radius 1 is 0.921 bits per heavy atom. The summed E-state index contributed by atoms with van der Waals surface area (Å²) in [4.78, 5) is 24.9. The van der Waals surface area contributed by atoms with Gasteiger partial charge >= 0.3 is 0 Å². The number of nitrogens with one attached hydrogen (secondary N) is 1. The SMILES string of the molecule is CN1CCN(S(=O)(=O)c2ccc(C(=O)N3CCOc4ccc(-c5ccc6nc[nH]c6c5)cc4C3)cc2)CC1. The molecule has 10 heteroatoms. The summed E-state index contributed by atoms with van der Waals surface area (Å²) in [5.41, 5.74) is 5.31. The fourth-order valence-corrected chi connectivity index (χ4v) is 6.41. The fourth-order valence-electron chi connectivity index (χ4n) is 4.99. The van der Waals surface area contributed by atoms with E-state index in [0.717, 1.165) is 33.5 Å². The van der Waals surface area contributed by atoms with E-state index in [4.69, 9.17) is 4.74 Å². The minimum Gasteiger partial charge on any atom is -0.491 e. The molecule has 1 N–H and O–H groups in total. The zero-order chi connectivity index (χ0) is 26.3. The average Bonchev–Trinajstić information content (AvgIpc) is 3.30. The summed E-state index contributed by atoms with van der Waals surface area (Å²) < 4.78 is 33.6. The maximum Gasteiger partial charge on any atom is 0.254 e. The van der Waals surface area contributed by atoms with Crippen LogP contribution in [0.2, 0.25) is 0 Å². The number of sulfonamides is 1. The third kappa shape index (κ3) is 4.66. The topological polar surface area (TPSA) is 98.8 Å². The van der Waals surface area contributed by atoms with Crippen LogP contribution in [0.1, 0.15) is 15.9 Å². The van der Waals surface area contributed by atoms with E-state index in [2.05, 4.69) is 27.0 Å². The Hall–Kier alpha value is -3.73. The van der Waals surface area contributed by atoms with Crippen molar-refractivity contribution in [3.8, 4) is 16.9 Å². The molecule has 6 rings (SSSR count). The molecule has 2 aliphatic heterocycles. The first kappa shape index (κ1) is 24.6. The Bertz CT molecular complexity index is 1590. The fraction of sp³-hybridized carbons (Fsp3) is 0.286. The molecule has 3 heterocycles. The summed E-state index contributed by atoms with van der Waals surface area (Å²) in [6.45, 7) is 3.55. The highest BCUT2D eigenvalue weighted by atomic mass is 32.2. The van der Waals surface area contributed by atoms with Crippen LogP contribution >= 0.6 is 0 Å². The van der Waals surface area contributed by atoms with Crippen LogP contribution in [-0.4, -0.2) is 84.8 Å². The predicted octanol–water partition coefficient (Wildman–Crippen LogP) is 3.20. The highest BCUT2D eigenvalue weighted by Crippen LogP contribution is 2.31. The van der Waals surface area contributed by atoms with Gasteiger partial charge in [-0.25, -0.2) is 13.4 Å². The van der Waals surface area contributed by atoms with Crippen molar-refractivity contribution in [2.24, 2.45) is 0 Å². The van der Waals surface area contributed by atoms with Crippen molar-refractivity contribution in [2.45, 2.75) is 11.4 Å². The predicted molar refractivity (Wildman–Crippen MR) is 144 cm³/mol. The van der Waals surface area contributed by atoms with Gasteiger partial charge in [0.05, 0.1) is 28.8 Å². The lowest BCUT2D eigenvalue weighted by atomic mass is 10.0. The van der Waals surface area contributed by atoms with Crippen LogP contribution in [0.5, 0.6) is 5.75 Å². The number of aromatic nitrogens is 2. The second-order valence-corrected chi connectivity index (χ2v) is 11.7. The molecule has 9 nitrogen and oxygen atoms in total. The number of aromatic amines is 1. The van der Waals surface area contributed by atoms with Crippen LogP contribution in [0.3, 0.4) is 0 Å². The largest absolute Gasteiger partial charge is 0.491 e. The third-order valence-corrected chi connectivity index (χ3v) is 9.20. The lowest BCUT2D eigenvalue weighted by Gasteiger charge is -2.31. The number of amides is 1. The van der Waals surface area contributed by atoms with Crippen LogP contribution in [-0.2, 0) is 16.6 Å². The van der Waals surface area contributed by atoms with Crippen molar-refractivity contribution in [3.05, 3.63) is 78.1 Å². The van der Waals surface area contributed by atoms with Gasteiger partial charge in [-0.05, 0) is 66.7 Å². The van der Waals surface area contributed by atoms with Crippen molar-refractivity contribution in [1.82, 2.24) is 24.1 Å². The van der Waals surface area contributed by atoms with Gasteiger partial charge in [0.1, 0.15) is 12.4 Å². The summed E-state index contributed by atoms with van der Waals surface area (Å²) >= 11 is 0. The zero-order valence-corrected chi connectivity index (χ0v) is 21.9. The number of benzene rings is 3. The van der Waals surface area contributed by atoms with Crippen LogP contribution in [0.25, 0.3) is 22.2 Å². The van der Waals surface area contributed by atoms with Gasteiger partial charge in [0.2, 0.25) is 10.0 Å². The molecule has 0 unspecified atom stereocenters. The number of rotatable bonds is 4. The van der Waals surface area contributed by atoms with Crippen molar-refractivity contribution in [2.75, 3.05) is 46.4 Å². The van der Waals surface area contributed by atoms with E-state index in [1.165, 1.54) is 16.4 Å². The van der Waals surface area contributed by atoms with Crippen LogP contribution < -0.4 is 4.74 Å². The van der Waals surface area contributed by atoms with Crippen molar-refractivity contribution in [1.29, 1.82) is 0 Å². The summed E-state index contributed by atoms with van der Waals surface area (Å²) in [6, 6.07) is 18.4. The number of likely N-dealkylation sites (N-methyl/N-ethyl adjacent to an activating group) is 1. The van der Waals surface area contributed by atoms with E-state index in [1.807, 2.05) is 31.3 Å². The molecule has 1 amide bonds. The molecule has 1 aromatic heterocycles. The normalized spacial score (nSPS) is 17.1. The molecule has 0 saturated carbocycles. The molecule has 38 heavy (non-hydrogen) atoms. The number of carbonyl (C=O) groups excluding carboxylic acids is 1. The Balaban J connectivity index is 1.21. The number of nitrogens with zero attached hydrogens (tertiary/aromatic N) is 4. The first-order chi connectivity index (χ1) is 18.4. The summed E-state index contributed by atoms with van der Waals surface area (Å²) in [6.07, 6.45) is 1.68. The van der Waals surface area contributed by atoms with Gasteiger partial charge < -0.3 is 19.5 Å². The number of ether oxygens (including phenoxy) is 1. The number of hydrogen-bond acceptors (Lipinski definition) is 6. The van der Waals surface area contributed by atoms with Crippen LogP contribution in [0.4, 0.5) is 0 Å².